The van der Waals surface area contributed by atoms with Crippen LogP contribution < -0.4 is 15.4 Å². The molecule has 1 aliphatic rings. The zero-order chi connectivity index (χ0) is 24.5. The van der Waals surface area contributed by atoms with Crippen molar-refractivity contribution in [1.29, 1.82) is 0 Å². The molecule has 33 heavy (non-hydrogen) atoms. The Balaban J connectivity index is 1.94. The molecule has 178 valence electrons. The highest BCUT2D eigenvalue weighted by atomic mass is 35.5. The summed E-state index contributed by atoms with van der Waals surface area (Å²) in [5.74, 6) is -3.62. The van der Waals surface area contributed by atoms with Crippen LogP contribution in [0.2, 0.25) is 5.02 Å². The first kappa shape index (κ1) is 24.6. The van der Waals surface area contributed by atoms with Crippen molar-refractivity contribution < 1.29 is 35.9 Å². The van der Waals surface area contributed by atoms with Crippen molar-refractivity contribution in [2.24, 2.45) is 0 Å². The third-order valence-corrected chi connectivity index (χ3v) is 5.09. The predicted molar refractivity (Wildman–Crippen MR) is 111 cm³/mol. The zero-order valence-electron chi connectivity index (χ0n) is 17.1. The van der Waals surface area contributed by atoms with E-state index in [-0.39, 0.29) is 29.6 Å². The topological polar surface area (TPSA) is 53.6 Å². The second-order valence-corrected chi connectivity index (χ2v) is 7.66. The van der Waals surface area contributed by atoms with Gasteiger partial charge in [-0.15, -0.1) is 0 Å². The van der Waals surface area contributed by atoms with Gasteiger partial charge in [-0.25, -0.2) is 13.2 Å². The molecule has 1 atom stereocenters. The number of hydrogen-bond donors (Lipinski definition) is 2. The summed E-state index contributed by atoms with van der Waals surface area (Å²) in [6, 6.07) is 5.03. The molecule has 1 heterocycles. The minimum Gasteiger partial charge on any atom is -0.480 e. The molecule has 0 saturated carbocycles. The molecule has 5 nitrogen and oxygen atoms in total. The summed E-state index contributed by atoms with van der Waals surface area (Å²) in [7, 11) is 0. The van der Waals surface area contributed by atoms with Gasteiger partial charge in [0, 0.05) is 6.07 Å². The number of carbonyl (C=O) groups is 1. The fourth-order valence-corrected chi connectivity index (χ4v) is 3.07. The average molecular weight is 494 g/mol. The number of amides is 1. The van der Waals surface area contributed by atoms with Crippen molar-refractivity contribution in [3.63, 3.8) is 0 Å². The first-order valence-corrected chi connectivity index (χ1v) is 9.91. The molecule has 1 fully saturated rings. The monoisotopic (exact) mass is 493 g/mol. The molecule has 0 spiro atoms. The molecule has 0 aromatic heterocycles. The van der Waals surface area contributed by atoms with Crippen LogP contribution in [0.5, 0.6) is 5.75 Å². The highest BCUT2D eigenvalue weighted by molar-refractivity contribution is 6.34. The van der Waals surface area contributed by atoms with Gasteiger partial charge in [0.25, 0.3) is 5.91 Å². The van der Waals surface area contributed by atoms with E-state index in [1.165, 1.54) is 17.0 Å². The quantitative estimate of drug-likeness (QED) is 0.483. The van der Waals surface area contributed by atoms with Gasteiger partial charge >= 0.3 is 6.18 Å². The Morgan fingerprint density at radius 3 is 2.45 bits per heavy atom. The van der Waals surface area contributed by atoms with Crippen molar-refractivity contribution in [2.75, 3.05) is 23.7 Å². The summed E-state index contributed by atoms with van der Waals surface area (Å²) in [5, 5.41) is 4.47. The van der Waals surface area contributed by atoms with Crippen LogP contribution in [0.15, 0.2) is 42.7 Å². The average Bonchev–Trinajstić information content (AvgIpc) is 2.69. The Hall–Kier alpha value is -3.08. The third-order valence-electron chi connectivity index (χ3n) is 4.78. The van der Waals surface area contributed by atoms with Crippen LogP contribution in [-0.4, -0.2) is 42.3 Å². The number of ether oxygens (including phenoxy) is 1. The van der Waals surface area contributed by atoms with Gasteiger partial charge in [0.2, 0.25) is 0 Å². The molecule has 12 heteroatoms. The molecule has 0 unspecified atom stereocenters. The number of nitrogens with zero attached hydrogens (tertiary/aromatic N) is 1. The summed E-state index contributed by atoms with van der Waals surface area (Å²) < 4.78 is 85.9. The summed E-state index contributed by atoms with van der Waals surface area (Å²) in [5.41, 5.74) is -1.42. The lowest BCUT2D eigenvalue weighted by Crippen LogP contribution is -2.48. The summed E-state index contributed by atoms with van der Waals surface area (Å²) in [6.07, 6.45) is -8.22. The van der Waals surface area contributed by atoms with Gasteiger partial charge in [-0.3, -0.25) is 4.79 Å². The van der Waals surface area contributed by atoms with Crippen molar-refractivity contribution in [2.45, 2.75) is 25.4 Å². The van der Waals surface area contributed by atoms with Crippen LogP contribution >= 0.6 is 11.6 Å². The highest BCUT2D eigenvalue weighted by Gasteiger charge is 2.39. The van der Waals surface area contributed by atoms with Crippen LogP contribution in [0.1, 0.15) is 17.3 Å². The molecule has 1 saturated heterocycles. The second kappa shape index (κ2) is 9.42. The maximum Gasteiger partial charge on any atom is 0.425 e. The number of hydrogen-bond acceptors (Lipinski definition) is 4. The van der Waals surface area contributed by atoms with E-state index in [2.05, 4.69) is 17.2 Å². The molecule has 1 amide bonds. The van der Waals surface area contributed by atoms with Crippen molar-refractivity contribution in [3.05, 3.63) is 65.0 Å². The van der Waals surface area contributed by atoms with Gasteiger partial charge in [-0.1, -0.05) is 24.2 Å². The standard InChI is InChI=1S/C21H18ClF6N3O2/c1-10(21(26,27)28)33-18-7-17(29-11(2)31-8-12(23)9-31)16(25)6-13(18)20(32)30-19-14(22)4-3-5-15(19)24/h3-7,10,12,29H,2,8-9H2,1H3,(H,30,32)/t10-/m0/s1. The van der Waals surface area contributed by atoms with Gasteiger partial charge < -0.3 is 20.3 Å². The molecular formula is C21H18ClF6N3O2. The number of likely N-dealkylation sites (tertiary alicyclic amines) is 1. The summed E-state index contributed by atoms with van der Waals surface area (Å²) in [4.78, 5) is 14.2. The molecule has 0 aliphatic carbocycles. The molecular weight excluding hydrogens is 476 g/mol. The number of benzene rings is 2. The molecule has 1 aliphatic heterocycles. The van der Waals surface area contributed by atoms with Gasteiger partial charge in [0.05, 0.1) is 40.9 Å². The number of rotatable bonds is 7. The minimum atomic E-state index is -4.79. The van der Waals surface area contributed by atoms with Gasteiger partial charge in [0.1, 0.15) is 23.6 Å². The van der Waals surface area contributed by atoms with Crippen molar-refractivity contribution in [3.8, 4) is 5.75 Å². The van der Waals surface area contributed by atoms with E-state index in [1.807, 2.05) is 0 Å². The van der Waals surface area contributed by atoms with E-state index in [0.29, 0.717) is 13.0 Å². The highest BCUT2D eigenvalue weighted by Crippen LogP contribution is 2.34. The lowest BCUT2D eigenvalue weighted by Gasteiger charge is -2.37. The Morgan fingerprint density at radius 1 is 1.21 bits per heavy atom. The normalized spacial score (nSPS) is 15.0. The minimum absolute atomic E-state index is 0.0196. The maximum atomic E-state index is 14.7. The van der Waals surface area contributed by atoms with Crippen LogP contribution in [0, 0.1) is 11.6 Å². The first-order chi connectivity index (χ1) is 15.4. The summed E-state index contributed by atoms with van der Waals surface area (Å²) in [6.45, 7) is 4.38. The molecule has 2 N–H and O–H groups in total. The fourth-order valence-electron chi connectivity index (χ4n) is 2.86. The van der Waals surface area contributed by atoms with Gasteiger partial charge in [-0.05, 0) is 25.1 Å². The number of carbonyl (C=O) groups excluding carboxylic acids is 1. The Bertz CT molecular complexity index is 1050. The van der Waals surface area contributed by atoms with Crippen LogP contribution in [0.4, 0.5) is 37.7 Å². The molecule has 2 aromatic carbocycles. The lowest BCUT2D eigenvalue weighted by molar-refractivity contribution is -0.189. The number of alkyl halides is 4. The Labute approximate surface area is 190 Å². The van der Waals surface area contributed by atoms with Crippen molar-refractivity contribution >= 4 is 28.9 Å². The molecule has 3 rings (SSSR count). The van der Waals surface area contributed by atoms with E-state index in [4.69, 9.17) is 16.3 Å². The molecule has 2 aromatic rings. The van der Waals surface area contributed by atoms with Crippen LogP contribution in [-0.2, 0) is 0 Å². The van der Waals surface area contributed by atoms with Crippen LogP contribution in [0.3, 0.4) is 0 Å². The SMILES string of the molecule is C=C(Nc1cc(O[C@@H](C)C(F)(F)F)c(C(=O)Nc2c(F)cccc2Cl)cc1F)N1CC(F)C1. The van der Waals surface area contributed by atoms with Crippen molar-refractivity contribution in [1.82, 2.24) is 4.90 Å². The fraction of sp³-hybridized carbons (Fsp3) is 0.286. The summed E-state index contributed by atoms with van der Waals surface area (Å²) >= 11 is 5.86. The van der Waals surface area contributed by atoms with E-state index in [1.54, 1.807) is 0 Å². The Kier molecular flexibility index (Phi) is 7.01. The van der Waals surface area contributed by atoms with E-state index < -0.39 is 53.0 Å². The largest absolute Gasteiger partial charge is 0.480 e. The van der Waals surface area contributed by atoms with E-state index >= 15 is 0 Å². The van der Waals surface area contributed by atoms with Gasteiger partial charge in [0.15, 0.2) is 6.10 Å². The first-order valence-electron chi connectivity index (χ1n) is 9.54. The Morgan fingerprint density at radius 2 is 1.88 bits per heavy atom. The lowest BCUT2D eigenvalue weighted by atomic mass is 10.1. The third kappa shape index (κ3) is 5.65. The van der Waals surface area contributed by atoms with E-state index in [0.717, 1.165) is 12.1 Å². The zero-order valence-corrected chi connectivity index (χ0v) is 17.8. The maximum absolute atomic E-state index is 14.7. The van der Waals surface area contributed by atoms with Crippen LogP contribution in [0.25, 0.3) is 0 Å². The molecule has 0 bridgehead atoms. The number of halogens is 7. The second-order valence-electron chi connectivity index (χ2n) is 7.25. The van der Waals surface area contributed by atoms with Gasteiger partial charge in [-0.2, -0.15) is 13.2 Å². The van der Waals surface area contributed by atoms with E-state index in [9.17, 15) is 31.1 Å². The number of anilines is 2. The number of para-hydroxylation sites is 1. The molecule has 0 radical (unpaired) electrons. The number of nitrogens with one attached hydrogen (secondary N) is 2. The smallest absolute Gasteiger partial charge is 0.425 e. The predicted octanol–water partition coefficient (Wildman–Crippen LogP) is 5.74.